The van der Waals surface area contributed by atoms with Gasteiger partial charge in [0.05, 0.1) is 12.0 Å². The molecule has 0 atom stereocenters. The van der Waals surface area contributed by atoms with Crippen molar-refractivity contribution in [3.63, 3.8) is 0 Å². The van der Waals surface area contributed by atoms with E-state index in [1.807, 2.05) is 0 Å². The molecule has 0 N–H and O–H groups in total. The SMILES string of the molecule is COc1ccc(CN(C)C(=O)c2ccc(S(=O)(=O)N(C)C)cc2)cc1F. The molecule has 0 heterocycles. The van der Waals surface area contributed by atoms with Crippen LogP contribution in [0.25, 0.3) is 0 Å². The van der Waals surface area contributed by atoms with Gasteiger partial charge in [-0.25, -0.2) is 17.1 Å². The fraction of sp³-hybridized carbons (Fsp3) is 0.278. The van der Waals surface area contributed by atoms with Crippen LogP contribution in [0.1, 0.15) is 15.9 Å². The van der Waals surface area contributed by atoms with Crippen molar-refractivity contribution in [2.75, 3.05) is 28.3 Å². The van der Waals surface area contributed by atoms with Crippen LogP contribution < -0.4 is 4.74 Å². The molecule has 0 radical (unpaired) electrons. The van der Waals surface area contributed by atoms with Crippen molar-refractivity contribution in [3.05, 3.63) is 59.4 Å². The Morgan fingerprint density at radius 2 is 1.69 bits per heavy atom. The van der Waals surface area contributed by atoms with E-state index in [9.17, 15) is 17.6 Å². The molecule has 2 aromatic rings. The largest absolute Gasteiger partial charge is 0.494 e. The van der Waals surface area contributed by atoms with Gasteiger partial charge in [-0.15, -0.1) is 0 Å². The van der Waals surface area contributed by atoms with E-state index < -0.39 is 15.8 Å². The number of rotatable bonds is 6. The normalized spacial score (nSPS) is 11.5. The third kappa shape index (κ3) is 4.20. The molecule has 0 spiro atoms. The van der Waals surface area contributed by atoms with Gasteiger partial charge in [-0.1, -0.05) is 6.07 Å². The molecular weight excluding hydrogens is 359 g/mol. The van der Waals surface area contributed by atoms with Crippen LogP contribution >= 0.6 is 0 Å². The first-order chi connectivity index (χ1) is 12.2. The first-order valence-corrected chi connectivity index (χ1v) is 9.21. The number of ether oxygens (including phenoxy) is 1. The molecule has 0 saturated heterocycles. The van der Waals surface area contributed by atoms with Gasteiger partial charge in [0.15, 0.2) is 11.6 Å². The predicted octanol–water partition coefficient (Wildman–Crippen LogP) is 2.36. The molecule has 2 rings (SSSR count). The molecule has 0 aliphatic heterocycles. The highest BCUT2D eigenvalue weighted by Gasteiger charge is 2.19. The monoisotopic (exact) mass is 380 g/mol. The summed E-state index contributed by atoms with van der Waals surface area (Å²) in [6.45, 7) is 0.206. The Labute approximate surface area is 152 Å². The van der Waals surface area contributed by atoms with Gasteiger partial charge in [-0.05, 0) is 42.0 Å². The molecule has 0 fully saturated rings. The molecule has 0 unspecified atom stereocenters. The summed E-state index contributed by atoms with van der Waals surface area (Å²) in [6.07, 6.45) is 0. The topological polar surface area (TPSA) is 66.9 Å². The average Bonchev–Trinajstić information content (AvgIpc) is 2.61. The first-order valence-electron chi connectivity index (χ1n) is 7.77. The average molecular weight is 380 g/mol. The zero-order valence-corrected chi connectivity index (χ0v) is 15.9. The van der Waals surface area contributed by atoms with Crippen LogP contribution in [0.15, 0.2) is 47.4 Å². The van der Waals surface area contributed by atoms with E-state index in [2.05, 4.69) is 0 Å². The van der Waals surface area contributed by atoms with E-state index in [4.69, 9.17) is 4.74 Å². The van der Waals surface area contributed by atoms with Gasteiger partial charge in [0, 0.05) is 33.3 Å². The fourth-order valence-corrected chi connectivity index (χ4v) is 3.26. The highest BCUT2D eigenvalue weighted by atomic mass is 32.2. The maximum Gasteiger partial charge on any atom is 0.253 e. The Bertz CT molecular complexity index is 896. The van der Waals surface area contributed by atoms with E-state index in [1.165, 1.54) is 62.5 Å². The van der Waals surface area contributed by atoms with Gasteiger partial charge in [-0.3, -0.25) is 4.79 Å². The number of amides is 1. The van der Waals surface area contributed by atoms with Crippen molar-refractivity contribution >= 4 is 15.9 Å². The number of benzene rings is 2. The van der Waals surface area contributed by atoms with E-state index in [1.54, 1.807) is 13.1 Å². The molecule has 0 aliphatic carbocycles. The van der Waals surface area contributed by atoms with Crippen molar-refractivity contribution in [2.24, 2.45) is 0 Å². The Kier molecular flexibility index (Phi) is 5.99. The number of nitrogens with zero attached hydrogens (tertiary/aromatic N) is 2. The summed E-state index contributed by atoms with van der Waals surface area (Å²) in [4.78, 5) is 14.0. The Hall–Kier alpha value is -2.45. The van der Waals surface area contributed by atoms with Crippen LogP contribution in [0.4, 0.5) is 4.39 Å². The second-order valence-corrected chi connectivity index (χ2v) is 8.09. The number of carbonyl (C=O) groups is 1. The van der Waals surface area contributed by atoms with Crippen LogP contribution in [0.5, 0.6) is 5.75 Å². The van der Waals surface area contributed by atoms with Crippen LogP contribution in [0, 0.1) is 5.82 Å². The van der Waals surface area contributed by atoms with Crippen molar-refractivity contribution in [2.45, 2.75) is 11.4 Å². The van der Waals surface area contributed by atoms with Crippen LogP contribution in [0.2, 0.25) is 0 Å². The highest BCUT2D eigenvalue weighted by molar-refractivity contribution is 7.89. The lowest BCUT2D eigenvalue weighted by Gasteiger charge is -2.18. The summed E-state index contributed by atoms with van der Waals surface area (Å²) in [5.41, 5.74) is 0.963. The molecule has 140 valence electrons. The lowest BCUT2D eigenvalue weighted by atomic mass is 10.1. The van der Waals surface area contributed by atoms with Crippen molar-refractivity contribution in [3.8, 4) is 5.75 Å². The van der Waals surface area contributed by atoms with Crippen LogP contribution in [-0.2, 0) is 16.6 Å². The molecule has 8 heteroatoms. The standard InChI is InChI=1S/C18H21FN2O4S/c1-20(2)26(23,24)15-8-6-14(7-9-15)18(22)21(3)12-13-5-10-17(25-4)16(19)11-13/h5-11H,12H2,1-4H3. The number of hydrogen-bond donors (Lipinski definition) is 0. The number of sulfonamides is 1. The number of hydrogen-bond acceptors (Lipinski definition) is 4. The van der Waals surface area contributed by atoms with Gasteiger partial charge in [-0.2, -0.15) is 0 Å². The van der Waals surface area contributed by atoms with Gasteiger partial charge in [0.1, 0.15) is 0 Å². The number of methoxy groups -OCH3 is 1. The smallest absolute Gasteiger partial charge is 0.253 e. The quantitative estimate of drug-likeness (QED) is 0.772. The van der Waals surface area contributed by atoms with E-state index >= 15 is 0 Å². The summed E-state index contributed by atoms with van der Waals surface area (Å²) in [5.74, 6) is -0.653. The van der Waals surface area contributed by atoms with Crippen molar-refractivity contribution < 1.29 is 22.3 Å². The zero-order chi connectivity index (χ0) is 19.5. The molecule has 0 aromatic heterocycles. The lowest BCUT2D eigenvalue weighted by Crippen LogP contribution is -2.26. The van der Waals surface area contributed by atoms with Crippen LogP contribution in [-0.4, -0.2) is 51.8 Å². The highest BCUT2D eigenvalue weighted by Crippen LogP contribution is 2.19. The van der Waals surface area contributed by atoms with E-state index in [0.717, 1.165) is 4.31 Å². The van der Waals surface area contributed by atoms with Gasteiger partial charge >= 0.3 is 0 Å². The van der Waals surface area contributed by atoms with Gasteiger partial charge < -0.3 is 9.64 Å². The predicted molar refractivity (Wildman–Crippen MR) is 96.1 cm³/mol. The Morgan fingerprint density at radius 1 is 1.08 bits per heavy atom. The molecular formula is C18H21FN2O4S. The first kappa shape index (κ1) is 19.9. The van der Waals surface area contributed by atoms with E-state index in [-0.39, 0.29) is 23.1 Å². The summed E-state index contributed by atoms with van der Waals surface area (Å²) in [7, 11) is 2.31. The maximum absolute atomic E-state index is 13.8. The maximum atomic E-state index is 13.8. The molecule has 26 heavy (non-hydrogen) atoms. The number of carbonyl (C=O) groups excluding carboxylic acids is 1. The third-order valence-electron chi connectivity index (χ3n) is 3.86. The second kappa shape index (κ2) is 7.84. The molecule has 1 amide bonds. The van der Waals surface area contributed by atoms with Crippen LogP contribution in [0.3, 0.4) is 0 Å². The lowest BCUT2D eigenvalue weighted by molar-refractivity contribution is 0.0785. The van der Waals surface area contributed by atoms with Crippen molar-refractivity contribution in [1.29, 1.82) is 0 Å². The summed E-state index contributed by atoms with van der Waals surface area (Å²) >= 11 is 0. The summed E-state index contributed by atoms with van der Waals surface area (Å²) in [6, 6.07) is 10.2. The Balaban J connectivity index is 2.14. The van der Waals surface area contributed by atoms with Crippen molar-refractivity contribution in [1.82, 2.24) is 9.21 Å². The van der Waals surface area contributed by atoms with Gasteiger partial charge in [0.2, 0.25) is 10.0 Å². The second-order valence-electron chi connectivity index (χ2n) is 5.94. The summed E-state index contributed by atoms with van der Waals surface area (Å²) < 4.78 is 43.8. The minimum atomic E-state index is -3.54. The minimum Gasteiger partial charge on any atom is -0.494 e. The molecule has 6 nitrogen and oxygen atoms in total. The Morgan fingerprint density at radius 3 is 2.19 bits per heavy atom. The minimum absolute atomic E-state index is 0.110. The van der Waals surface area contributed by atoms with Gasteiger partial charge in [0.25, 0.3) is 5.91 Å². The zero-order valence-electron chi connectivity index (χ0n) is 15.1. The fourth-order valence-electron chi connectivity index (χ4n) is 2.35. The van der Waals surface area contributed by atoms with E-state index in [0.29, 0.717) is 11.1 Å². The summed E-state index contributed by atoms with van der Waals surface area (Å²) in [5, 5.41) is 0. The molecule has 0 aliphatic rings. The molecule has 0 saturated carbocycles. The molecule has 0 bridgehead atoms. The molecule has 2 aromatic carbocycles. The number of halogens is 1. The third-order valence-corrected chi connectivity index (χ3v) is 5.69.